The summed E-state index contributed by atoms with van der Waals surface area (Å²) < 4.78 is 0. The van der Waals surface area contributed by atoms with Crippen LogP contribution >= 0.6 is 0 Å². The fourth-order valence-corrected chi connectivity index (χ4v) is 2.82. The number of nitriles is 1. The third-order valence-corrected chi connectivity index (χ3v) is 4.30. The predicted molar refractivity (Wildman–Crippen MR) is 78.8 cm³/mol. The van der Waals surface area contributed by atoms with Crippen LogP contribution in [0.5, 0.6) is 0 Å². The first kappa shape index (κ1) is 14.1. The van der Waals surface area contributed by atoms with Gasteiger partial charge in [0.2, 0.25) is 0 Å². The van der Waals surface area contributed by atoms with E-state index in [1.807, 2.05) is 0 Å². The molecule has 102 valence electrons. The molecule has 0 heterocycles. The van der Waals surface area contributed by atoms with E-state index in [1.54, 1.807) is 0 Å². The van der Waals surface area contributed by atoms with Crippen molar-refractivity contribution in [3.63, 3.8) is 0 Å². The van der Waals surface area contributed by atoms with Crippen molar-refractivity contribution in [2.24, 2.45) is 5.92 Å². The number of rotatable bonds is 4. The van der Waals surface area contributed by atoms with Gasteiger partial charge in [0.05, 0.1) is 6.07 Å². The van der Waals surface area contributed by atoms with Gasteiger partial charge in [-0.1, -0.05) is 44.2 Å². The molecule has 0 atom stereocenters. The average Bonchev–Trinajstić information content (AvgIpc) is 2.47. The van der Waals surface area contributed by atoms with Crippen molar-refractivity contribution in [3.05, 3.63) is 35.9 Å². The Balaban J connectivity index is 1.84. The number of nitrogens with one attached hydrogen (secondary N) is 1. The minimum absolute atomic E-state index is 0.160. The number of hydrogen-bond acceptors (Lipinski definition) is 2. The molecular formula is C17H24N2. The Hall–Kier alpha value is -1.33. The molecule has 0 radical (unpaired) electrons. The van der Waals surface area contributed by atoms with Crippen molar-refractivity contribution in [1.29, 1.82) is 5.26 Å². The summed E-state index contributed by atoms with van der Waals surface area (Å²) in [5.74, 6) is 0.292. The zero-order valence-corrected chi connectivity index (χ0v) is 12.0. The average molecular weight is 256 g/mol. The third kappa shape index (κ3) is 3.81. The van der Waals surface area contributed by atoms with Crippen LogP contribution in [-0.4, -0.2) is 12.6 Å². The van der Waals surface area contributed by atoms with E-state index in [2.05, 4.69) is 55.6 Å². The van der Waals surface area contributed by atoms with Gasteiger partial charge < -0.3 is 5.32 Å². The Bertz CT molecular complexity index is 422. The molecule has 1 N–H and O–H groups in total. The summed E-state index contributed by atoms with van der Waals surface area (Å²) in [4.78, 5) is 0. The molecule has 0 saturated heterocycles. The molecule has 2 nitrogen and oxygen atoms in total. The molecule has 1 aromatic rings. The third-order valence-electron chi connectivity index (χ3n) is 4.30. The maximum Gasteiger partial charge on any atom is 0.0655 e. The standard InChI is InChI=1S/C17H24N2/c1-17(2,15-6-4-3-5-7-15)13-19-16-10-8-14(12-18)9-11-16/h3-7,14,16,19H,8-11,13H2,1-2H3. The summed E-state index contributed by atoms with van der Waals surface area (Å²) in [5, 5.41) is 12.6. The first-order valence-corrected chi connectivity index (χ1v) is 7.30. The minimum atomic E-state index is 0.160. The van der Waals surface area contributed by atoms with E-state index in [-0.39, 0.29) is 5.41 Å². The van der Waals surface area contributed by atoms with Crippen LogP contribution in [0, 0.1) is 17.2 Å². The molecule has 1 aliphatic rings. The van der Waals surface area contributed by atoms with Gasteiger partial charge in [-0.2, -0.15) is 5.26 Å². The molecule has 2 heteroatoms. The minimum Gasteiger partial charge on any atom is -0.313 e. The van der Waals surface area contributed by atoms with Crippen molar-refractivity contribution in [2.45, 2.75) is 51.0 Å². The van der Waals surface area contributed by atoms with Crippen LogP contribution in [0.15, 0.2) is 30.3 Å². The van der Waals surface area contributed by atoms with Gasteiger partial charge in [-0.3, -0.25) is 0 Å². The molecule has 19 heavy (non-hydrogen) atoms. The zero-order chi connectivity index (χ0) is 13.7. The quantitative estimate of drug-likeness (QED) is 0.892. The van der Waals surface area contributed by atoms with Gasteiger partial charge in [-0.15, -0.1) is 0 Å². The van der Waals surface area contributed by atoms with Gasteiger partial charge >= 0.3 is 0 Å². The fourth-order valence-electron chi connectivity index (χ4n) is 2.82. The molecule has 0 aromatic heterocycles. The molecule has 0 unspecified atom stereocenters. The van der Waals surface area contributed by atoms with Crippen LogP contribution in [0.1, 0.15) is 45.1 Å². The molecule has 0 spiro atoms. The normalized spacial score (nSPS) is 23.8. The Morgan fingerprint density at radius 1 is 1.16 bits per heavy atom. The van der Waals surface area contributed by atoms with Crippen LogP contribution in [0.2, 0.25) is 0 Å². The van der Waals surface area contributed by atoms with Crippen LogP contribution in [0.25, 0.3) is 0 Å². The van der Waals surface area contributed by atoms with Crippen LogP contribution in [-0.2, 0) is 5.41 Å². The van der Waals surface area contributed by atoms with Gasteiger partial charge in [0.15, 0.2) is 0 Å². The fraction of sp³-hybridized carbons (Fsp3) is 0.588. The zero-order valence-electron chi connectivity index (χ0n) is 12.0. The summed E-state index contributed by atoms with van der Waals surface area (Å²) in [7, 11) is 0. The lowest BCUT2D eigenvalue weighted by atomic mass is 9.83. The number of benzene rings is 1. The van der Waals surface area contributed by atoms with Crippen LogP contribution in [0.3, 0.4) is 0 Å². The topological polar surface area (TPSA) is 35.8 Å². The highest BCUT2D eigenvalue weighted by molar-refractivity contribution is 5.23. The van der Waals surface area contributed by atoms with E-state index in [0.717, 1.165) is 32.2 Å². The van der Waals surface area contributed by atoms with E-state index in [9.17, 15) is 0 Å². The molecule has 1 saturated carbocycles. The first-order valence-electron chi connectivity index (χ1n) is 7.30. The van der Waals surface area contributed by atoms with Crippen molar-refractivity contribution >= 4 is 0 Å². The molecule has 2 rings (SSSR count). The van der Waals surface area contributed by atoms with E-state index in [1.165, 1.54) is 5.56 Å². The molecule has 0 amide bonds. The van der Waals surface area contributed by atoms with E-state index in [0.29, 0.717) is 12.0 Å². The molecule has 1 aliphatic carbocycles. The lowest BCUT2D eigenvalue weighted by molar-refractivity contribution is 0.311. The highest BCUT2D eigenvalue weighted by Crippen LogP contribution is 2.26. The molecular weight excluding hydrogens is 232 g/mol. The van der Waals surface area contributed by atoms with Gasteiger partial charge in [-0.05, 0) is 31.2 Å². The number of hydrogen-bond donors (Lipinski definition) is 1. The molecule has 0 aliphatic heterocycles. The van der Waals surface area contributed by atoms with Crippen molar-refractivity contribution in [1.82, 2.24) is 5.32 Å². The van der Waals surface area contributed by atoms with Crippen LogP contribution in [0.4, 0.5) is 0 Å². The summed E-state index contributed by atoms with van der Waals surface area (Å²) >= 11 is 0. The summed E-state index contributed by atoms with van der Waals surface area (Å²) in [6.45, 7) is 5.57. The van der Waals surface area contributed by atoms with Gasteiger partial charge in [0.1, 0.15) is 0 Å². The molecule has 1 fully saturated rings. The molecule has 1 aromatic carbocycles. The van der Waals surface area contributed by atoms with Gasteiger partial charge in [0.25, 0.3) is 0 Å². The summed E-state index contributed by atoms with van der Waals surface area (Å²) in [6, 6.07) is 13.7. The lowest BCUT2D eigenvalue weighted by Gasteiger charge is -2.31. The highest BCUT2D eigenvalue weighted by Gasteiger charge is 2.24. The lowest BCUT2D eigenvalue weighted by Crippen LogP contribution is -2.40. The first-order chi connectivity index (χ1) is 9.12. The van der Waals surface area contributed by atoms with Crippen LogP contribution < -0.4 is 5.32 Å². The summed E-state index contributed by atoms with van der Waals surface area (Å²) in [6.07, 6.45) is 4.39. The number of nitrogens with zero attached hydrogens (tertiary/aromatic N) is 1. The van der Waals surface area contributed by atoms with Gasteiger partial charge in [0, 0.05) is 23.9 Å². The Morgan fingerprint density at radius 3 is 2.37 bits per heavy atom. The van der Waals surface area contributed by atoms with E-state index in [4.69, 9.17) is 5.26 Å². The maximum atomic E-state index is 8.91. The second-order valence-electron chi connectivity index (χ2n) is 6.31. The predicted octanol–water partition coefficient (Wildman–Crippen LogP) is 3.64. The smallest absolute Gasteiger partial charge is 0.0655 e. The Kier molecular flexibility index (Phi) is 4.61. The maximum absolute atomic E-state index is 8.91. The molecule has 0 bridgehead atoms. The largest absolute Gasteiger partial charge is 0.313 e. The Labute approximate surface area is 116 Å². The van der Waals surface area contributed by atoms with E-state index >= 15 is 0 Å². The highest BCUT2D eigenvalue weighted by atomic mass is 14.9. The second-order valence-corrected chi connectivity index (χ2v) is 6.31. The summed E-state index contributed by atoms with van der Waals surface area (Å²) in [5.41, 5.74) is 1.54. The monoisotopic (exact) mass is 256 g/mol. The van der Waals surface area contributed by atoms with Crippen molar-refractivity contribution < 1.29 is 0 Å². The van der Waals surface area contributed by atoms with E-state index < -0.39 is 0 Å². The van der Waals surface area contributed by atoms with Crippen molar-refractivity contribution in [3.8, 4) is 6.07 Å². The van der Waals surface area contributed by atoms with Crippen molar-refractivity contribution in [2.75, 3.05) is 6.54 Å². The van der Waals surface area contributed by atoms with Gasteiger partial charge in [-0.25, -0.2) is 0 Å². The second kappa shape index (κ2) is 6.21. The SMILES string of the molecule is CC(C)(CNC1CCC(C#N)CC1)c1ccccc1. The Morgan fingerprint density at radius 2 is 1.79 bits per heavy atom.